The summed E-state index contributed by atoms with van der Waals surface area (Å²) in [7, 11) is -3.62. The van der Waals surface area contributed by atoms with E-state index >= 15 is 0 Å². The van der Waals surface area contributed by atoms with Crippen molar-refractivity contribution in [1.29, 1.82) is 0 Å². The Balaban J connectivity index is 1.76. The first-order valence-electron chi connectivity index (χ1n) is 11.9. The molecule has 0 radical (unpaired) electrons. The number of nitrogens with zero attached hydrogens (tertiary/aromatic N) is 1. The van der Waals surface area contributed by atoms with Crippen molar-refractivity contribution in [3.8, 4) is 0 Å². The fourth-order valence-electron chi connectivity index (χ4n) is 5.68. The third kappa shape index (κ3) is 4.44. The van der Waals surface area contributed by atoms with E-state index < -0.39 is 10.0 Å². The minimum atomic E-state index is -3.62. The van der Waals surface area contributed by atoms with Crippen molar-refractivity contribution in [3.63, 3.8) is 0 Å². The molecule has 1 saturated heterocycles. The summed E-state index contributed by atoms with van der Waals surface area (Å²) in [5.74, 6) is 0.433. The van der Waals surface area contributed by atoms with Crippen LogP contribution in [0.1, 0.15) is 70.8 Å². The SMILES string of the molecule is CCCCC1=C[C@@H]2CN(S(=O)(=O)c3ccc(C)cc3)CC2=C(OC(C)=O)C2(CCCC2)C1. The van der Waals surface area contributed by atoms with Gasteiger partial charge in [0, 0.05) is 31.3 Å². The van der Waals surface area contributed by atoms with Crippen molar-refractivity contribution in [1.82, 2.24) is 4.31 Å². The quantitative estimate of drug-likeness (QED) is 0.417. The molecule has 1 heterocycles. The first kappa shape index (κ1) is 23.2. The molecule has 1 aromatic rings. The summed E-state index contributed by atoms with van der Waals surface area (Å²) in [5, 5.41) is 0. The lowest BCUT2D eigenvalue weighted by molar-refractivity contribution is -0.139. The van der Waals surface area contributed by atoms with Crippen LogP contribution in [0.5, 0.6) is 0 Å². The highest BCUT2D eigenvalue weighted by atomic mass is 32.2. The van der Waals surface area contributed by atoms with Crippen molar-refractivity contribution < 1.29 is 17.9 Å². The number of ether oxygens (including phenoxy) is 1. The van der Waals surface area contributed by atoms with Crippen molar-refractivity contribution in [2.45, 2.75) is 77.0 Å². The molecule has 1 spiro atoms. The molecular weight excluding hydrogens is 422 g/mol. The Hall–Kier alpha value is -1.92. The van der Waals surface area contributed by atoms with Gasteiger partial charge in [0.1, 0.15) is 5.76 Å². The van der Waals surface area contributed by atoms with E-state index in [0.717, 1.165) is 68.3 Å². The highest BCUT2D eigenvalue weighted by molar-refractivity contribution is 7.89. The van der Waals surface area contributed by atoms with Gasteiger partial charge in [-0.15, -0.1) is 0 Å². The van der Waals surface area contributed by atoms with Gasteiger partial charge >= 0.3 is 5.97 Å². The van der Waals surface area contributed by atoms with Gasteiger partial charge in [-0.05, 0) is 56.7 Å². The molecule has 1 aromatic carbocycles. The van der Waals surface area contributed by atoms with Crippen molar-refractivity contribution in [2.24, 2.45) is 11.3 Å². The maximum Gasteiger partial charge on any atom is 0.307 e. The number of carbonyl (C=O) groups is 1. The number of esters is 1. The van der Waals surface area contributed by atoms with Crippen LogP contribution in [0.25, 0.3) is 0 Å². The highest BCUT2D eigenvalue weighted by Gasteiger charge is 2.47. The zero-order valence-corrected chi connectivity index (χ0v) is 20.3. The largest absolute Gasteiger partial charge is 0.431 e. The lowest BCUT2D eigenvalue weighted by Gasteiger charge is -2.32. The zero-order chi connectivity index (χ0) is 22.9. The summed E-state index contributed by atoms with van der Waals surface area (Å²) >= 11 is 0. The second kappa shape index (κ2) is 9.14. The molecule has 4 rings (SSSR count). The maximum absolute atomic E-state index is 13.4. The molecule has 0 N–H and O–H groups in total. The second-order valence-corrected chi connectivity index (χ2v) is 11.7. The van der Waals surface area contributed by atoms with Crippen LogP contribution in [0.3, 0.4) is 0 Å². The monoisotopic (exact) mass is 457 g/mol. The van der Waals surface area contributed by atoms with E-state index in [1.54, 1.807) is 16.4 Å². The van der Waals surface area contributed by atoms with Gasteiger partial charge in [-0.3, -0.25) is 4.79 Å². The Morgan fingerprint density at radius 3 is 2.50 bits per heavy atom. The highest BCUT2D eigenvalue weighted by Crippen LogP contribution is 2.54. The van der Waals surface area contributed by atoms with Crippen LogP contribution in [0.4, 0.5) is 0 Å². The van der Waals surface area contributed by atoms with Crippen LogP contribution >= 0.6 is 0 Å². The normalized spacial score (nSPS) is 23.2. The number of hydrogen-bond donors (Lipinski definition) is 0. The average Bonchev–Trinajstić information content (AvgIpc) is 3.36. The molecule has 1 aliphatic heterocycles. The Labute approximate surface area is 192 Å². The summed E-state index contributed by atoms with van der Waals surface area (Å²) in [4.78, 5) is 12.5. The number of aryl methyl sites for hydroxylation is 1. The van der Waals surface area contributed by atoms with Gasteiger partial charge in [-0.25, -0.2) is 8.42 Å². The Kier molecular flexibility index (Phi) is 6.64. The summed E-state index contributed by atoms with van der Waals surface area (Å²) in [6, 6.07) is 7.03. The van der Waals surface area contributed by atoms with E-state index in [9.17, 15) is 13.2 Å². The minimum absolute atomic E-state index is 0.0311. The predicted molar refractivity (Wildman–Crippen MR) is 125 cm³/mol. The number of fused-ring (bicyclic) bond motifs is 1. The lowest BCUT2D eigenvalue weighted by atomic mass is 9.76. The molecule has 6 heteroatoms. The van der Waals surface area contributed by atoms with Crippen LogP contribution in [0, 0.1) is 18.3 Å². The molecule has 32 heavy (non-hydrogen) atoms. The topological polar surface area (TPSA) is 63.7 Å². The van der Waals surface area contributed by atoms with E-state index in [0.29, 0.717) is 18.0 Å². The molecular formula is C26H35NO4S. The second-order valence-electron chi connectivity index (χ2n) is 9.76. The Bertz CT molecular complexity index is 1030. The van der Waals surface area contributed by atoms with Crippen LogP contribution < -0.4 is 0 Å². The molecule has 3 aliphatic rings. The molecule has 2 fully saturated rings. The van der Waals surface area contributed by atoms with Crippen LogP contribution in [-0.2, 0) is 19.6 Å². The smallest absolute Gasteiger partial charge is 0.307 e. The molecule has 0 bridgehead atoms. The Morgan fingerprint density at radius 2 is 1.88 bits per heavy atom. The first-order valence-corrected chi connectivity index (χ1v) is 13.4. The van der Waals surface area contributed by atoms with Crippen LogP contribution in [0.15, 0.2) is 52.1 Å². The summed E-state index contributed by atoms with van der Waals surface area (Å²) in [5.41, 5.74) is 3.25. The molecule has 174 valence electrons. The molecule has 0 amide bonds. The van der Waals surface area contributed by atoms with Gasteiger partial charge in [0.25, 0.3) is 0 Å². The average molecular weight is 458 g/mol. The third-order valence-corrected chi connectivity index (χ3v) is 9.11. The molecule has 2 aliphatic carbocycles. The van der Waals surface area contributed by atoms with Gasteiger partial charge in [0.15, 0.2) is 0 Å². The maximum atomic E-state index is 13.4. The number of unbranched alkanes of at least 4 members (excludes halogenated alkanes) is 1. The molecule has 5 nitrogen and oxygen atoms in total. The van der Waals surface area contributed by atoms with E-state index in [2.05, 4.69) is 13.0 Å². The van der Waals surface area contributed by atoms with Gasteiger partial charge in [-0.2, -0.15) is 4.31 Å². The van der Waals surface area contributed by atoms with Crippen molar-refractivity contribution in [3.05, 3.63) is 52.8 Å². The van der Waals surface area contributed by atoms with E-state index in [4.69, 9.17) is 4.74 Å². The fourth-order valence-corrected chi connectivity index (χ4v) is 7.13. The molecule has 0 unspecified atom stereocenters. The molecule has 1 atom stereocenters. The number of rotatable bonds is 6. The van der Waals surface area contributed by atoms with Gasteiger partial charge in [0.05, 0.1) is 4.90 Å². The first-order chi connectivity index (χ1) is 15.2. The summed E-state index contributed by atoms with van der Waals surface area (Å²) in [6.45, 7) is 6.30. The number of carbonyl (C=O) groups excluding carboxylic acids is 1. The fraction of sp³-hybridized carbons (Fsp3) is 0.577. The van der Waals surface area contributed by atoms with Crippen molar-refractivity contribution in [2.75, 3.05) is 13.1 Å². The number of hydrogen-bond acceptors (Lipinski definition) is 4. The molecule has 1 saturated carbocycles. The minimum Gasteiger partial charge on any atom is -0.431 e. The molecule has 0 aromatic heterocycles. The van der Waals surface area contributed by atoms with Gasteiger partial charge in [0.2, 0.25) is 10.0 Å². The van der Waals surface area contributed by atoms with E-state index in [1.807, 2.05) is 19.1 Å². The van der Waals surface area contributed by atoms with Gasteiger partial charge < -0.3 is 4.74 Å². The third-order valence-electron chi connectivity index (χ3n) is 7.29. The summed E-state index contributed by atoms with van der Waals surface area (Å²) < 4.78 is 34.4. The van der Waals surface area contributed by atoms with Crippen LogP contribution in [-0.4, -0.2) is 31.8 Å². The summed E-state index contributed by atoms with van der Waals surface area (Å²) in [6.07, 6.45) is 10.7. The van der Waals surface area contributed by atoms with Crippen LogP contribution in [0.2, 0.25) is 0 Å². The van der Waals surface area contributed by atoms with E-state index in [1.165, 1.54) is 12.5 Å². The number of benzene rings is 1. The predicted octanol–water partition coefficient (Wildman–Crippen LogP) is 5.51. The lowest BCUT2D eigenvalue weighted by Crippen LogP contribution is -2.30. The van der Waals surface area contributed by atoms with E-state index in [-0.39, 0.29) is 17.3 Å². The zero-order valence-electron chi connectivity index (χ0n) is 19.5. The Morgan fingerprint density at radius 1 is 1.19 bits per heavy atom. The standard InChI is InChI=1S/C26H35NO4S/c1-4-5-8-21-15-22-17-27(32(29,30)23-11-9-19(2)10-12-23)18-24(22)25(31-20(3)28)26(16-21)13-6-7-14-26/h9-12,15,22H,4-8,13-14,16-18H2,1-3H3/t22-/m1/s1. The van der Waals surface area contributed by atoms with Crippen molar-refractivity contribution >= 4 is 16.0 Å². The van der Waals surface area contributed by atoms with Gasteiger partial charge in [-0.1, -0.05) is 55.5 Å². The number of allylic oxidation sites excluding steroid dienone is 2. The number of sulfonamides is 1.